The van der Waals surface area contributed by atoms with Gasteiger partial charge in [0.1, 0.15) is 4.32 Å². The quantitative estimate of drug-likeness (QED) is 0.578. The van der Waals surface area contributed by atoms with Gasteiger partial charge in [0.2, 0.25) is 0 Å². The fraction of sp³-hybridized carbons (Fsp3) is 0.286. The molecule has 0 aromatic heterocycles. The summed E-state index contributed by atoms with van der Waals surface area (Å²) in [6.07, 6.45) is 1.74. The van der Waals surface area contributed by atoms with Gasteiger partial charge in [0.25, 0.3) is 5.91 Å². The van der Waals surface area contributed by atoms with Gasteiger partial charge in [-0.05, 0) is 37.6 Å². The number of carbonyl (C=O) groups is 1. The van der Waals surface area contributed by atoms with Crippen LogP contribution in [0.2, 0.25) is 10.0 Å². The maximum absolute atomic E-state index is 12.1. The van der Waals surface area contributed by atoms with Gasteiger partial charge < -0.3 is 4.74 Å². The van der Waals surface area contributed by atoms with Crippen molar-refractivity contribution in [1.82, 2.24) is 4.90 Å². The highest BCUT2D eigenvalue weighted by molar-refractivity contribution is 8.26. The van der Waals surface area contributed by atoms with Crippen LogP contribution in [0.5, 0.6) is 5.75 Å². The number of hydrogen-bond acceptors (Lipinski definition) is 4. The lowest BCUT2D eigenvalue weighted by Crippen LogP contribution is -2.27. The second kappa shape index (κ2) is 7.01. The fourth-order valence-electron chi connectivity index (χ4n) is 1.87. The standard InChI is InChI=1S/C14H13Cl2NO2S2/c1-3-17-13(18)11(21-14(17)20)7-8-5-9(15)12(19-4-2)10(16)6-8/h5-7H,3-4H2,1-2H3/b11-7-. The highest BCUT2D eigenvalue weighted by Crippen LogP contribution is 2.37. The first-order valence-corrected chi connectivity index (χ1v) is 8.33. The molecule has 1 fully saturated rings. The molecule has 21 heavy (non-hydrogen) atoms. The van der Waals surface area contributed by atoms with Gasteiger partial charge in [-0.2, -0.15) is 0 Å². The van der Waals surface area contributed by atoms with Crippen LogP contribution in [0.15, 0.2) is 17.0 Å². The van der Waals surface area contributed by atoms with Gasteiger partial charge in [0.05, 0.1) is 21.6 Å². The van der Waals surface area contributed by atoms with E-state index < -0.39 is 0 Å². The molecule has 2 rings (SSSR count). The number of benzene rings is 1. The number of halogens is 2. The number of hydrogen-bond donors (Lipinski definition) is 0. The predicted octanol–water partition coefficient (Wildman–Crippen LogP) is 4.61. The number of ether oxygens (including phenoxy) is 1. The summed E-state index contributed by atoms with van der Waals surface area (Å²) in [5.74, 6) is 0.368. The minimum atomic E-state index is -0.0892. The molecule has 0 unspecified atom stereocenters. The van der Waals surface area contributed by atoms with Crippen molar-refractivity contribution in [3.63, 3.8) is 0 Å². The summed E-state index contributed by atoms with van der Waals surface area (Å²) in [4.78, 5) is 14.3. The molecular formula is C14H13Cl2NO2S2. The molecule has 3 nitrogen and oxygen atoms in total. The van der Waals surface area contributed by atoms with Crippen molar-refractivity contribution in [1.29, 1.82) is 0 Å². The Morgan fingerprint density at radius 1 is 1.33 bits per heavy atom. The van der Waals surface area contributed by atoms with E-state index in [-0.39, 0.29) is 5.91 Å². The summed E-state index contributed by atoms with van der Waals surface area (Å²) in [5, 5.41) is 0.836. The monoisotopic (exact) mass is 361 g/mol. The van der Waals surface area contributed by atoms with Crippen molar-refractivity contribution in [3.05, 3.63) is 32.6 Å². The van der Waals surface area contributed by atoms with Crippen LogP contribution in [-0.2, 0) is 4.79 Å². The zero-order valence-electron chi connectivity index (χ0n) is 11.5. The number of carbonyl (C=O) groups excluding carboxylic acids is 1. The van der Waals surface area contributed by atoms with E-state index in [2.05, 4.69) is 0 Å². The van der Waals surface area contributed by atoms with E-state index >= 15 is 0 Å². The van der Waals surface area contributed by atoms with E-state index in [0.717, 1.165) is 5.56 Å². The molecule has 0 bridgehead atoms. The summed E-state index contributed by atoms with van der Waals surface area (Å²) in [7, 11) is 0. The fourth-order valence-corrected chi connectivity index (χ4v) is 3.87. The minimum Gasteiger partial charge on any atom is -0.491 e. The Morgan fingerprint density at radius 3 is 2.43 bits per heavy atom. The number of thioether (sulfide) groups is 1. The molecule has 0 spiro atoms. The third-order valence-corrected chi connectivity index (χ3v) is 4.74. The molecular weight excluding hydrogens is 349 g/mol. The highest BCUT2D eigenvalue weighted by atomic mass is 35.5. The van der Waals surface area contributed by atoms with Crippen molar-refractivity contribution < 1.29 is 9.53 Å². The molecule has 0 aliphatic carbocycles. The molecule has 1 aromatic rings. The molecule has 1 aliphatic heterocycles. The number of rotatable bonds is 4. The van der Waals surface area contributed by atoms with Crippen molar-refractivity contribution >= 4 is 63.5 Å². The first-order chi connectivity index (χ1) is 9.97. The van der Waals surface area contributed by atoms with Gasteiger partial charge in [0, 0.05) is 6.54 Å². The second-order valence-electron chi connectivity index (χ2n) is 4.17. The molecule has 0 radical (unpaired) electrons. The third-order valence-electron chi connectivity index (χ3n) is 2.80. The van der Waals surface area contributed by atoms with Gasteiger partial charge in [-0.3, -0.25) is 9.69 Å². The zero-order valence-corrected chi connectivity index (χ0v) is 14.6. The molecule has 112 valence electrons. The van der Waals surface area contributed by atoms with Crippen LogP contribution in [0.1, 0.15) is 19.4 Å². The molecule has 7 heteroatoms. The second-order valence-corrected chi connectivity index (χ2v) is 6.66. The van der Waals surface area contributed by atoms with Crippen molar-refractivity contribution in [2.45, 2.75) is 13.8 Å². The Morgan fingerprint density at radius 2 is 1.95 bits per heavy atom. The lowest BCUT2D eigenvalue weighted by atomic mass is 10.2. The first kappa shape index (κ1) is 16.6. The minimum absolute atomic E-state index is 0.0892. The summed E-state index contributed by atoms with van der Waals surface area (Å²) >= 11 is 18.8. The maximum atomic E-state index is 12.1. The van der Waals surface area contributed by atoms with E-state index in [4.69, 9.17) is 40.2 Å². The Labute approximate surface area is 143 Å². The molecule has 1 heterocycles. The third kappa shape index (κ3) is 3.54. The number of nitrogens with zero attached hydrogens (tertiary/aromatic N) is 1. The van der Waals surface area contributed by atoms with Gasteiger partial charge in [-0.15, -0.1) is 0 Å². The highest BCUT2D eigenvalue weighted by Gasteiger charge is 2.30. The SMILES string of the molecule is CCOc1c(Cl)cc(/C=C2\SC(=S)N(CC)C2=O)cc1Cl. The van der Waals surface area contributed by atoms with Crippen LogP contribution in [-0.4, -0.2) is 28.3 Å². The molecule has 0 N–H and O–H groups in total. The van der Waals surface area contributed by atoms with Crippen molar-refractivity contribution in [2.24, 2.45) is 0 Å². The smallest absolute Gasteiger partial charge is 0.266 e. The molecule has 1 amide bonds. The molecule has 0 saturated carbocycles. The van der Waals surface area contributed by atoms with E-state index in [9.17, 15) is 4.79 Å². The van der Waals surface area contributed by atoms with E-state index in [1.807, 2.05) is 13.8 Å². The predicted molar refractivity (Wildman–Crippen MR) is 93.2 cm³/mol. The van der Waals surface area contributed by atoms with Crippen LogP contribution in [0.4, 0.5) is 0 Å². The lowest BCUT2D eigenvalue weighted by molar-refractivity contribution is -0.121. The normalized spacial score (nSPS) is 17.0. The van der Waals surface area contributed by atoms with Crippen LogP contribution in [0, 0.1) is 0 Å². The van der Waals surface area contributed by atoms with Gasteiger partial charge in [0.15, 0.2) is 5.75 Å². The topological polar surface area (TPSA) is 29.5 Å². The van der Waals surface area contributed by atoms with Crippen LogP contribution >= 0.6 is 47.2 Å². The molecule has 1 saturated heterocycles. The van der Waals surface area contributed by atoms with Crippen molar-refractivity contribution in [2.75, 3.05) is 13.2 Å². The van der Waals surface area contributed by atoms with Crippen LogP contribution in [0.3, 0.4) is 0 Å². The molecule has 1 aliphatic rings. The Kier molecular flexibility index (Phi) is 5.54. The Bertz CT molecular complexity index is 608. The zero-order chi connectivity index (χ0) is 15.6. The number of amides is 1. The summed E-state index contributed by atoms with van der Waals surface area (Å²) in [6.45, 7) is 4.79. The van der Waals surface area contributed by atoms with E-state index in [1.54, 1.807) is 23.1 Å². The summed E-state index contributed by atoms with van der Waals surface area (Å²) in [5.41, 5.74) is 0.741. The van der Waals surface area contributed by atoms with Gasteiger partial charge >= 0.3 is 0 Å². The largest absolute Gasteiger partial charge is 0.491 e. The number of thiocarbonyl (C=S) groups is 1. The average molecular weight is 362 g/mol. The lowest BCUT2D eigenvalue weighted by Gasteiger charge is -2.10. The van der Waals surface area contributed by atoms with Gasteiger partial charge in [-0.1, -0.05) is 47.2 Å². The van der Waals surface area contributed by atoms with E-state index in [0.29, 0.717) is 38.2 Å². The first-order valence-electron chi connectivity index (χ1n) is 6.35. The average Bonchev–Trinajstić information content (AvgIpc) is 2.68. The maximum Gasteiger partial charge on any atom is 0.266 e. The summed E-state index contributed by atoms with van der Waals surface area (Å²) < 4.78 is 5.95. The van der Waals surface area contributed by atoms with Crippen molar-refractivity contribution in [3.8, 4) is 5.75 Å². The van der Waals surface area contributed by atoms with Crippen LogP contribution in [0.25, 0.3) is 6.08 Å². The summed E-state index contributed by atoms with van der Waals surface area (Å²) in [6, 6.07) is 3.44. The Hall–Kier alpha value is -0.750. The van der Waals surface area contributed by atoms with E-state index in [1.165, 1.54) is 11.8 Å². The molecule has 1 aromatic carbocycles. The van der Waals surface area contributed by atoms with Gasteiger partial charge in [-0.25, -0.2) is 0 Å². The van der Waals surface area contributed by atoms with Crippen LogP contribution < -0.4 is 4.74 Å². The number of likely N-dealkylation sites (N-methyl/N-ethyl adjacent to an activating group) is 1. The molecule has 0 atom stereocenters. The Balaban J connectivity index is 2.34.